The van der Waals surface area contributed by atoms with Crippen LogP contribution in [-0.4, -0.2) is 21.2 Å². The fourth-order valence-electron chi connectivity index (χ4n) is 2.67. The fourth-order valence-corrected chi connectivity index (χ4v) is 3.84. The van der Waals surface area contributed by atoms with Gasteiger partial charge in [0.05, 0.1) is 16.7 Å². The molecule has 0 spiro atoms. The number of anilines is 1. The molecule has 0 aliphatic heterocycles. The van der Waals surface area contributed by atoms with Crippen molar-refractivity contribution in [1.29, 1.82) is 0 Å². The van der Waals surface area contributed by atoms with Crippen LogP contribution in [-0.2, 0) is 11.3 Å². The highest BCUT2D eigenvalue weighted by Gasteiger charge is 2.15. The first-order valence-corrected chi connectivity index (χ1v) is 10.5. The third kappa shape index (κ3) is 4.99. The van der Waals surface area contributed by atoms with Crippen molar-refractivity contribution in [2.45, 2.75) is 25.5 Å². The lowest BCUT2D eigenvalue weighted by Crippen LogP contribution is -2.26. The van der Waals surface area contributed by atoms with Crippen LogP contribution in [0.1, 0.15) is 13.8 Å². The lowest BCUT2D eigenvalue weighted by atomic mass is 10.2. The van der Waals surface area contributed by atoms with E-state index in [-0.39, 0.29) is 29.0 Å². The minimum Gasteiger partial charge on any atom is -0.325 e. The van der Waals surface area contributed by atoms with E-state index in [1.165, 1.54) is 36.0 Å². The molecule has 1 N–H and O–H groups in total. The minimum atomic E-state index is -0.364. The number of fused-ring (bicyclic) bond motifs is 1. The second kappa shape index (κ2) is 8.87. The molecule has 8 heteroatoms. The zero-order chi connectivity index (χ0) is 20.3. The summed E-state index contributed by atoms with van der Waals surface area (Å²) < 4.78 is 15.4. The molecule has 0 unspecified atom stereocenters. The van der Waals surface area contributed by atoms with Gasteiger partial charge in [0.25, 0.3) is 5.56 Å². The van der Waals surface area contributed by atoms with Crippen LogP contribution in [0, 0.1) is 11.7 Å². The molecule has 0 saturated carbocycles. The first-order chi connectivity index (χ1) is 13.3. The molecule has 146 valence electrons. The molecule has 1 amide bonds. The first-order valence-electron chi connectivity index (χ1n) is 8.72. The van der Waals surface area contributed by atoms with Gasteiger partial charge in [-0.2, -0.15) is 0 Å². The molecule has 0 bridgehead atoms. The number of benzene rings is 2. The van der Waals surface area contributed by atoms with Gasteiger partial charge >= 0.3 is 0 Å². The van der Waals surface area contributed by atoms with Crippen molar-refractivity contribution in [3.05, 3.63) is 63.1 Å². The molecule has 0 aliphatic carbocycles. The minimum absolute atomic E-state index is 0.0872. The number of amides is 1. The summed E-state index contributed by atoms with van der Waals surface area (Å²) >= 11 is 4.60. The molecular formula is C20H19BrFN3O2S. The van der Waals surface area contributed by atoms with Gasteiger partial charge < -0.3 is 5.32 Å². The predicted molar refractivity (Wildman–Crippen MR) is 114 cm³/mol. The van der Waals surface area contributed by atoms with Crippen molar-refractivity contribution >= 4 is 50.2 Å². The smallest absolute Gasteiger partial charge is 0.262 e. The van der Waals surface area contributed by atoms with Crippen LogP contribution in [0.2, 0.25) is 0 Å². The second-order valence-electron chi connectivity index (χ2n) is 6.71. The molecule has 1 aromatic heterocycles. The Hall–Kier alpha value is -2.19. The lowest BCUT2D eigenvalue weighted by Gasteiger charge is -2.15. The van der Waals surface area contributed by atoms with Crippen LogP contribution in [0.5, 0.6) is 0 Å². The summed E-state index contributed by atoms with van der Waals surface area (Å²) in [5.74, 6) is -0.282. The summed E-state index contributed by atoms with van der Waals surface area (Å²) in [7, 11) is 0. The van der Waals surface area contributed by atoms with Crippen molar-refractivity contribution in [1.82, 2.24) is 9.55 Å². The molecule has 2 aromatic carbocycles. The van der Waals surface area contributed by atoms with Crippen molar-refractivity contribution in [2.75, 3.05) is 11.1 Å². The number of carbonyl (C=O) groups excluding carboxylic acids is 1. The van der Waals surface area contributed by atoms with Crippen LogP contribution in [0.3, 0.4) is 0 Å². The molecule has 0 saturated heterocycles. The number of thioether (sulfide) groups is 1. The maximum Gasteiger partial charge on any atom is 0.262 e. The largest absolute Gasteiger partial charge is 0.325 e. The number of carbonyl (C=O) groups is 1. The topological polar surface area (TPSA) is 64.0 Å². The normalized spacial score (nSPS) is 11.2. The lowest BCUT2D eigenvalue weighted by molar-refractivity contribution is -0.113. The van der Waals surface area contributed by atoms with Crippen molar-refractivity contribution in [3.8, 4) is 0 Å². The summed E-state index contributed by atoms with van der Waals surface area (Å²) in [5.41, 5.74) is 0.985. The zero-order valence-electron chi connectivity index (χ0n) is 15.4. The Morgan fingerprint density at radius 2 is 1.96 bits per heavy atom. The summed E-state index contributed by atoms with van der Waals surface area (Å²) in [6.45, 7) is 4.55. The van der Waals surface area contributed by atoms with Gasteiger partial charge in [-0.15, -0.1) is 0 Å². The Morgan fingerprint density at radius 3 is 2.64 bits per heavy atom. The molecule has 5 nitrogen and oxygen atoms in total. The van der Waals surface area contributed by atoms with E-state index in [1.807, 2.05) is 19.9 Å². The molecule has 28 heavy (non-hydrogen) atoms. The Morgan fingerprint density at radius 1 is 1.25 bits per heavy atom. The highest BCUT2D eigenvalue weighted by atomic mass is 79.9. The van der Waals surface area contributed by atoms with Gasteiger partial charge in [-0.25, -0.2) is 9.37 Å². The zero-order valence-corrected chi connectivity index (χ0v) is 17.8. The number of hydrogen-bond acceptors (Lipinski definition) is 4. The Bertz CT molecular complexity index is 1070. The van der Waals surface area contributed by atoms with Gasteiger partial charge in [-0.3, -0.25) is 14.2 Å². The van der Waals surface area contributed by atoms with Gasteiger partial charge in [0.1, 0.15) is 5.82 Å². The van der Waals surface area contributed by atoms with E-state index in [9.17, 15) is 14.0 Å². The van der Waals surface area contributed by atoms with E-state index in [0.29, 0.717) is 28.3 Å². The maximum absolute atomic E-state index is 13.0. The summed E-state index contributed by atoms with van der Waals surface area (Å²) in [6, 6.07) is 10.9. The van der Waals surface area contributed by atoms with Crippen molar-refractivity contribution in [3.63, 3.8) is 0 Å². The molecule has 0 atom stereocenters. The quantitative estimate of drug-likeness (QED) is 0.425. The first kappa shape index (κ1) is 20.5. The maximum atomic E-state index is 13.0. The SMILES string of the molecule is CC(C)Cn1c(SCC(=O)Nc2ccc(F)cc2)nc2ccc(Br)cc2c1=O. The van der Waals surface area contributed by atoms with Crippen LogP contribution < -0.4 is 10.9 Å². The Labute approximate surface area is 174 Å². The monoisotopic (exact) mass is 463 g/mol. The molecule has 0 fully saturated rings. The van der Waals surface area contributed by atoms with Crippen LogP contribution >= 0.6 is 27.7 Å². The standard InChI is InChI=1S/C20H19BrFN3O2S/c1-12(2)10-25-19(27)16-9-13(21)3-8-17(16)24-20(25)28-11-18(26)23-15-6-4-14(22)5-7-15/h3-9,12H,10-11H2,1-2H3,(H,23,26). The van der Waals surface area contributed by atoms with Gasteiger partial charge in [0.2, 0.25) is 5.91 Å². The summed E-state index contributed by atoms with van der Waals surface area (Å²) in [4.78, 5) is 29.8. The molecule has 3 rings (SSSR count). The van der Waals surface area contributed by atoms with Crippen LogP contribution in [0.4, 0.5) is 10.1 Å². The van der Waals surface area contributed by atoms with E-state index in [0.717, 1.165) is 4.47 Å². The average molecular weight is 464 g/mol. The molecule has 0 aliphatic rings. The molecule has 1 heterocycles. The van der Waals surface area contributed by atoms with E-state index in [2.05, 4.69) is 26.2 Å². The molecule has 3 aromatic rings. The van der Waals surface area contributed by atoms with Crippen molar-refractivity contribution in [2.24, 2.45) is 5.92 Å². The number of halogens is 2. The summed E-state index contributed by atoms with van der Waals surface area (Å²) in [5, 5.41) is 3.75. The Kier molecular flexibility index (Phi) is 6.51. The number of aromatic nitrogens is 2. The molecular weight excluding hydrogens is 445 g/mol. The fraction of sp³-hybridized carbons (Fsp3) is 0.250. The molecule has 0 radical (unpaired) electrons. The van der Waals surface area contributed by atoms with E-state index >= 15 is 0 Å². The highest BCUT2D eigenvalue weighted by molar-refractivity contribution is 9.10. The third-order valence-corrected chi connectivity index (χ3v) is 5.36. The Balaban J connectivity index is 1.84. The van der Waals surface area contributed by atoms with Crippen molar-refractivity contribution < 1.29 is 9.18 Å². The third-order valence-electron chi connectivity index (χ3n) is 3.89. The van der Waals surface area contributed by atoms with E-state index in [4.69, 9.17) is 0 Å². The number of hydrogen-bond donors (Lipinski definition) is 1. The summed E-state index contributed by atoms with van der Waals surface area (Å²) in [6.07, 6.45) is 0. The highest BCUT2D eigenvalue weighted by Crippen LogP contribution is 2.21. The van der Waals surface area contributed by atoms with Crippen LogP contribution in [0.15, 0.2) is 56.9 Å². The predicted octanol–water partition coefficient (Wildman–Crippen LogP) is 4.68. The van der Waals surface area contributed by atoms with Gasteiger partial charge in [-0.05, 0) is 48.4 Å². The van der Waals surface area contributed by atoms with E-state index < -0.39 is 0 Å². The number of nitrogens with zero attached hydrogens (tertiary/aromatic N) is 2. The average Bonchev–Trinajstić information content (AvgIpc) is 2.65. The number of rotatable bonds is 6. The number of nitrogens with one attached hydrogen (secondary N) is 1. The van der Waals surface area contributed by atoms with Gasteiger partial charge in [-0.1, -0.05) is 41.5 Å². The van der Waals surface area contributed by atoms with Gasteiger partial charge in [0.15, 0.2) is 5.16 Å². The van der Waals surface area contributed by atoms with Crippen LogP contribution in [0.25, 0.3) is 10.9 Å². The second-order valence-corrected chi connectivity index (χ2v) is 8.57. The van der Waals surface area contributed by atoms with Gasteiger partial charge in [0, 0.05) is 16.7 Å². The van der Waals surface area contributed by atoms with E-state index in [1.54, 1.807) is 16.7 Å².